The van der Waals surface area contributed by atoms with Gasteiger partial charge in [-0.15, -0.1) is 11.3 Å². The molecule has 1 atom stereocenters. The molecule has 5 heteroatoms. The number of aliphatic hydroxyl groups excluding tert-OH is 1. The number of hydrogen-bond acceptors (Lipinski definition) is 4. The topological polar surface area (TPSA) is 58.6 Å². The first kappa shape index (κ1) is 18.5. The van der Waals surface area contributed by atoms with Gasteiger partial charge in [0.1, 0.15) is 12.4 Å². The number of rotatable bonds is 8. The van der Waals surface area contributed by atoms with Gasteiger partial charge in [-0.1, -0.05) is 26.0 Å². The number of nitrogens with one attached hydrogen (secondary N) is 1. The molecule has 1 unspecified atom stereocenters. The van der Waals surface area contributed by atoms with Crippen LogP contribution in [0.15, 0.2) is 41.8 Å². The number of thiophene rings is 1. The van der Waals surface area contributed by atoms with Gasteiger partial charge >= 0.3 is 0 Å². The molecule has 0 aliphatic rings. The van der Waals surface area contributed by atoms with Gasteiger partial charge < -0.3 is 15.2 Å². The summed E-state index contributed by atoms with van der Waals surface area (Å²) in [5.74, 6) is 0.550. The Bertz CT molecular complexity index is 650. The molecule has 2 rings (SSSR count). The minimum atomic E-state index is -0.383. The van der Waals surface area contributed by atoms with Crippen LogP contribution in [0.25, 0.3) is 0 Å². The number of benzene rings is 1. The van der Waals surface area contributed by atoms with E-state index in [0.29, 0.717) is 30.9 Å². The van der Waals surface area contributed by atoms with Crippen LogP contribution in [0.3, 0.4) is 0 Å². The van der Waals surface area contributed by atoms with E-state index in [2.05, 4.69) is 5.32 Å². The number of ether oxygens (including phenoxy) is 1. The molecular weight excluding hydrogens is 322 g/mol. The number of amides is 1. The lowest BCUT2D eigenvalue weighted by atomic mass is 9.87. The summed E-state index contributed by atoms with van der Waals surface area (Å²) >= 11 is 1.64. The molecule has 2 N–H and O–H groups in total. The standard InChI is InChI=1S/C19H25NO3S/c1-14(21)11-19(2,3)13-20-18(22)15-6-4-7-16(10-15)23-12-17-8-5-9-24-17/h4-10,14,21H,11-13H2,1-3H3,(H,20,22). The monoisotopic (exact) mass is 347 g/mol. The molecule has 0 bridgehead atoms. The first-order chi connectivity index (χ1) is 11.4. The van der Waals surface area contributed by atoms with E-state index in [4.69, 9.17) is 4.74 Å². The van der Waals surface area contributed by atoms with Crippen molar-refractivity contribution in [3.05, 3.63) is 52.2 Å². The largest absolute Gasteiger partial charge is 0.488 e. The molecule has 2 aromatic rings. The zero-order valence-electron chi connectivity index (χ0n) is 14.4. The van der Waals surface area contributed by atoms with Gasteiger partial charge in [0.05, 0.1) is 6.10 Å². The maximum atomic E-state index is 12.3. The summed E-state index contributed by atoms with van der Waals surface area (Å²) in [7, 11) is 0. The van der Waals surface area contributed by atoms with Crippen molar-refractivity contribution in [2.75, 3.05) is 6.54 Å². The molecule has 1 heterocycles. The number of aliphatic hydroxyl groups is 1. The normalized spacial score (nSPS) is 12.7. The maximum Gasteiger partial charge on any atom is 0.251 e. The molecule has 130 valence electrons. The fourth-order valence-electron chi connectivity index (χ4n) is 2.57. The molecule has 0 fully saturated rings. The van der Waals surface area contributed by atoms with E-state index in [-0.39, 0.29) is 17.4 Å². The fourth-order valence-corrected chi connectivity index (χ4v) is 3.19. The zero-order chi connectivity index (χ0) is 17.6. The number of carbonyl (C=O) groups excluding carboxylic acids is 1. The van der Waals surface area contributed by atoms with E-state index in [1.807, 2.05) is 43.5 Å². The van der Waals surface area contributed by atoms with E-state index in [1.54, 1.807) is 30.4 Å². The Morgan fingerprint density at radius 2 is 2.12 bits per heavy atom. The zero-order valence-corrected chi connectivity index (χ0v) is 15.2. The van der Waals surface area contributed by atoms with Gasteiger partial charge in [0, 0.05) is 17.0 Å². The molecule has 1 aromatic carbocycles. The molecule has 0 saturated heterocycles. The van der Waals surface area contributed by atoms with Crippen LogP contribution in [0.4, 0.5) is 0 Å². The van der Waals surface area contributed by atoms with Gasteiger partial charge in [0.2, 0.25) is 0 Å². The summed E-state index contributed by atoms with van der Waals surface area (Å²) in [5, 5.41) is 14.5. The summed E-state index contributed by atoms with van der Waals surface area (Å²) in [4.78, 5) is 13.5. The molecule has 1 amide bonds. The van der Waals surface area contributed by atoms with Crippen molar-refractivity contribution in [2.45, 2.75) is 39.9 Å². The number of hydrogen-bond donors (Lipinski definition) is 2. The third-order valence-electron chi connectivity index (χ3n) is 3.63. The van der Waals surface area contributed by atoms with Gasteiger partial charge in [-0.25, -0.2) is 0 Å². The van der Waals surface area contributed by atoms with Crippen LogP contribution >= 0.6 is 11.3 Å². The Hall–Kier alpha value is -1.85. The maximum absolute atomic E-state index is 12.3. The summed E-state index contributed by atoms with van der Waals surface area (Å²) in [6.45, 7) is 6.83. The quantitative estimate of drug-likeness (QED) is 0.762. The highest BCUT2D eigenvalue weighted by molar-refractivity contribution is 7.09. The molecule has 0 spiro atoms. The molecule has 0 radical (unpaired) electrons. The predicted molar refractivity (Wildman–Crippen MR) is 97.5 cm³/mol. The van der Waals surface area contributed by atoms with Gasteiger partial charge in [0.15, 0.2) is 0 Å². The van der Waals surface area contributed by atoms with E-state index in [9.17, 15) is 9.90 Å². The lowest BCUT2D eigenvalue weighted by molar-refractivity contribution is 0.0901. The molecule has 0 aliphatic carbocycles. The number of carbonyl (C=O) groups is 1. The Balaban J connectivity index is 1.91. The van der Waals surface area contributed by atoms with E-state index in [1.165, 1.54) is 0 Å². The summed E-state index contributed by atoms with van der Waals surface area (Å²) in [6, 6.07) is 11.2. The highest BCUT2D eigenvalue weighted by Crippen LogP contribution is 2.22. The summed E-state index contributed by atoms with van der Waals surface area (Å²) in [6.07, 6.45) is 0.253. The lowest BCUT2D eigenvalue weighted by Crippen LogP contribution is -2.35. The third kappa shape index (κ3) is 5.98. The van der Waals surface area contributed by atoms with Crippen LogP contribution in [0.5, 0.6) is 5.75 Å². The second-order valence-corrected chi connectivity index (χ2v) is 7.83. The molecule has 4 nitrogen and oxygen atoms in total. The van der Waals surface area contributed by atoms with Crippen LogP contribution in [-0.4, -0.2) is 23.7 Å². The minimum Gasteiger partial charge on any atom is -0.488 e. The Morgan fingerprint density at radius 1 is 1.33 bits per heavy atom. The summed E-state index contributed by atoms with van der Waals surface area (Å²) < 4.78 is 5.74. The van der Waals surface area contributed by atoms with Crippen molar-refractivity contribution >= 4 is 17.2 Å². The van der Waals surface area contributed by atoms with Gasteiger partial charge in [0.25, 0.3) is 5.91 Å². The first-order valence-corrected chi connectivity index (χ1v) is 8.95. The molecule has 0 aliphatic heterocycles. The van der Waals surface area contributed by atoms with Crippen LogP contribution < -0.4 is 10.1 Å². The second kappa shape index (κ2) is 8.31. The van der Waals surface area contributed by atoms with E-state index in [0.717, 1.165) is 4.88 Å². The molecule has 1 aromatic heterocycles. The van der Waals surface area contributed by atoms with Gasteiger partial charge in [-0.3, -0.25) is 4.79 Å². The highest BCUT2D eigenvalue weighted by Gasteiger charge is 2.21. The fraction of sp³-hybridized carbons (Fsp3) is 0.421. The van der Waals surface area contributed by atoms with Crippen molar-refractivity contribution in [3.63, 3.8) is 0 Å². The van der Waals surface area contributed by atoms with Gasteiger partial charge in [-0.2, -0.15) is 0 Å². The van der Waals surface area contributed by atoms with Crippen molar-refractivity contribution in [2.24, 2.45) is 5.41 Å². The van der Waals surface area contributed by atoms with Crippen LogP contribution in [-0.2, 0) is 6.61 Å². The highest BCUT2D eigenvalue weighted by atomic mass is 32.1. The molecule has 24 heavy (non-hydrogen) atoms. The third-order valence-corrected chi connectivity index (χ3v) is 4.48. The Morgan fingerprint density at radius 3 is 2.79 bits per heavy atom. The first-order valence-electron chi connectivity index (χ1n) is 8.07. The SMILES string of the molecule is CC(O)CC(C)(C)CNC(=O)c1cccc(OCc2cccs2)c1. The second-order valence-electron chi connectivity index (χ2n) is 6.80. The van der Waals surface area contributed by atoms with E-state index < -0.39 is 0 Å². The smallest absolute Gasteiger partial charge is 0.251 e. The van der Waals surface area contributed by atoms with E-state index >= 15 is 0 Å². The van der Waals surface area contributed by atoms with Crippen molar-refractivity contribution in [3.8, 4) is 5.75 Å². The Kier molecular flexibility index (Phi) is 6.40. The van der Waals surface area contributed by atoms with Crippen LogP contribution in [0.2, 0.25) is 0 Å². The average Bonchev–Trinajstić information content (AvgIpc) is 3.03. The molecular formula is C19H25NO3S. The minimum absolute atomic E-state index is 0.129. The summed E-state index contributed by atoms with van der Waals surface area (Å²) in [5.41, 5.74) is 0.420. The lowest BCUT2D eigenvalue weighted by Gasteiger charge is -2.26. The Labute approximate surface area is 147 Å². The van der Waals surface area contributed by atoms with Crippen LogP contribution in [0, 0.1) is 5.41 Å². The van der Waals surface area contributed by atoms with Crippen molar-refractivity contribution in [1.29, 1.82) is 0 Å². The predicted octanol–water partition coefficient (Wildman–Crippen LogP) is 3.85. The van der Waals surface area contributed by atoms with Crippen molar-refractivity contribution < 1.29 is 14.6 Å². The van der Waals surface area contributed by atoms with Crippen LogP contribution in [0.1, 0.15) is 42.4 Å². The molecule has 0 saturated carbocycles. The van der Waals surface area contributed by atoms with Gasteiger partial charge in [-0.05, 0) is 48.4 Å². The average molecular weight is 347 g/mol. The van der Waals surface area contributed by atoms with Crippen molar-refractivity contribution in [1.82, 2.24) is 5.32 Å².